The van der Waals surface area contributed by atoms with Crippen LogP contribution in [0, 0.1) is 13.8 Å². The van der Waals surface area contributed by atoms with E-state index in [-0.39, 0.29) is 23.6 Å². The van der Waals surface area contributed by atoms with Gasteiger partial charge in [0.2, 0.25) is 5.91 Å². The zero-order chi connectivity index (χ0) is 47.5. The van der Waals surface area contributed by atoms with E-state index in [1.165, 1.54) is 44.5 Å². The van der Waals surface area contributed by atoms with Crippen molar-refractivity contribution in [1.29, 1.82) is 0 Å². The number of hydrogen-bond donors (Lipinski definition) is 5. The number of benzene rings is 4. The van der Waals surface area contributed by atoms with Crippen molar-refractivity contribution in [3.63, 3.8) is 0 Å². The summed E-state index contributed by atoms with van der Waals surface area (Å²) in [6.45, 7) is 9.00. The predicted molar refractivity (Wildman–Crippen MR) is 270 cm³/mol. The third-order valence-corrected chi connectivity index (χ3v) is 13.0. The van der Waals surface area contributed by atoms with Gasteiger partial charge in [-0.15, -0.1) is 11.8 Å². The predicted octanol–water partition coefficient (Wildman–Crippen LogP) is 8.09. The zero-order valence-electron chi connectivity index (χ0n) is 40.4. The van der Waals surface area contributed by atoms with E-state index >= 15 is 0 Å². The molecule has 1 amide bonds. The van der Waals surface area contributed by atoms with Crippen LogP contribution in [-0.2, 0) is 44.7 Å². The minimum Gasteiger partial charge on any atom is -0.393 e. The highest BCUT2D eigenvalue weighted by Gasteiger charge is 2.29. The molecule has 0 bridgehead atoms. The van der Waals surface area contributed by atoms with Gasteiger partial charge in [-0.25, -0.2) is 0 Å². The summed E-state index contributed by atoms with van der Waals surface area (Å²) in [6, 6.07) is 32.6. The fourth-order valence-electron chi connectivity index (χ4n) is 8.14. The first-order chi connectivity index (χ1) is 32.0. The molecule has 0 aliphatic carbocycles. The first-order valence-corrected chi connectivity index (χ1v) is 25.4. The molecular weight excluding hydrogens is 847 g/mol. The van der Waals surface area contributed by atoms with Gasteiger partial charge in [0.1, 0.15) is 11.7 Å². The molecule has 4 aromatic carbocycles. The lowest BCUT2D eigenvalue weighted by Crippen LogP contribution is -2.32. The average molecular weight is 926 g/mol. The maximum absolute atomic E-state index is 12.0. The van der Waals surface area contributed by atoms with Crippen LogP contribution < -0.4 is 10.6 Å². The van der Waals surface area contributed by atoms with Crippen LogP contribution >= 0.6 is 11.8 Å². The van der Waals surface area contributed by atoms with Gasteiger partial charge in [-0.1, -0.05) is 91.0 Å². The number of thioether (sulfide) groups is 1. The molecule has 10 nitrogen and oxygen atoms in total. The van der Waals surface area contributed by atoms with E-state index in [2.05, 4.69) is 127 Å². The Hall–Kier alpha value is -3.91. The van der Waals surface area contributed by atoms with E-state index in [1.807, 2.05) is 13.3 Å². The van der Waals surface area contributed by atoms with Crippen molar-refractivity contribution in [2.24, 2.45) is 0 Å². The number of aliphatic hydroxyl groups is 3. The second-order valence-corrected chi connectivity index (χ2v) is 19.0. The smallest absolute Gasteiger partial charge is 0.220 e. The largest absolute Gasteiger partial charge is 0.393 e. The number of rotatable bonds is 22. The van der Waals surface area contributed by atoms with Crippen molar-refractivity contribution in [2.75, 3.05) is 59.7 Å². The van der Waals surface area contributed by atoms with Gasteiger partial charge in [-0.3, -0.25) is 4.79 Å². The summed E-state index contributed by atoms with van der Waals surface area (Å²) in [5, 5.41) is 34.0. The molecule has 2 aliphatic heterocycles. The Morgan fingerprint density at radius 1 is 0.727 bits per heavy atom. The number of aldehydes is 1. The molecule has 5 N–H and O–H groups in total. The van der Waals surface area contributed by atoms with Crippen LogP contribution in [0.5, 0.6) is 0 Å². The minimum absolute atomic E-state index is 0.0410. The number of unbranched alkanes of at least 4 members (excludes halogenated alkanes) is 1. The van der Waals surface area contributed by atoms with Gasteiger partial charge in [0.05, 0.1) is 37.6 Å². The van der Waals surface area contributed by atoms with Crippen molar-refractivity contribution < 1.29 is 34.4 Å². The van der Waals surface area contributed by atoms with Gasteiger partial charge in [-0.2, -0.15) is 0 Å². The number of aryl methyl sites for hydroxylation is 4. The van der Waals surface area contributed by atoms with E-state index in [9.17, 15) is 14.7 Å². The number of ether oxygens (including phenoxy) is 2. The molecule has 5 atom stereocenters. The topological polar surface area (TPSA) is 141 Å². The highest BCUT2D eigenvalue weighted by Crippen LogP contribution is 2.36. The second-order valence-electron chi connectivity index (χ2n) is 18.0. The van der Waals surface area contributed by atoms with Crippen LogP contribution in [0.25, 0.3) is 0 Å². The van der Waals surface area contributed by atoms with Crippen molar-refractivity contribution in [1.82, 2.24) is 15.5 Å². The number of carbonyl (C=O) groups excluding carboxylic acids is 2. The van der Waals surface area contributed by atoms with Gasteiger partial charge < -0.3 is 45.1 Å². The molecule has 66 heavy (non-hydrogen) atoms. The van der Waals surface area contributed by atoms with Crippen LogP contribution in [0.4, 0.5) is 0 Å². The SMILES string of the molecule is CNCCCN(C)CCCNC(=O)CCCc1ccc(Cc2ccccc2C)cc1.CSC1CC(O)CC(c2ccc(C)c(Cc3ccc(CCCC=O)cc3)c2)O1.OC1COCC(O)C1. The lowest BCUT2D eigenvalue weighted by Gasteiger charge is -2.32. The van der Waals surface area contributed by atoms with E-state index in [4.69, 9.17) is 19.7 Å². The Kier molecular flexibility index (Phi) is 25.9. The fourth-order valence-corrected chi connectivity index (χ4v) is 8.80. The van der Waals surface area contributed by atoms with E-state index in [0.717, 1.165) is 89.4 Å². The Morgan fingerprint density at radius 2 is 1.32 bits per heavy atom. The van der Waals surface area contributed by atoms with E-state index in [1.54, 1.807) is 11.8 Å². The van der Waals surface area contributed by atoms with Crippen LogP contribution in [0.3, 0.4) is 0 Å². The second kappa shape index (κ2) is 31.2. The summed E-state index contributed by atoms with van der Waals surface area (Å²) in [5.41, 5.74) is 11.7. The molecule has 6 rings (SSSR count). The van der Waals surface area contributed by atoms with Crippen LogP contribution in [0.15, 0.2) is 91.0 Å². The van der Waals surface area contributed by atoms with E-state index in [0.29, 0.717) is 45.3 Å². The monoisotopic (exact) mass is 926 g/mol. The van der Waals surface area contributed by atoms with Crippen molar-refractivity contribution >= 4 is 24.0 Å². The van der Waals surface area contributed by atoms with Gasteiger partial charge in [0.15, 0.2) is 0 Å². The van der Waals surface area contributed by atoms with Gasteiger partial charge >= 0.3 is 0 Å². The van der Waals surface area contributed by atoms with Gasteiger partial charge in [0.25, 0.3) is 0 Å². The molecule has 0 saturated carbocycles. The van der Waals surface area contributed by atoms with Crippen molar-refractivity contribution in [3.05, 3.63) is 141 Å². The molecule has 4 aromatic rings. The van der Waals surface area contributed by atoms with E-state index < -0.39 is 12.2 Å². The molecule has 0 radical (unpaired) electrons. The third kappa shape index (κ3) is 21.4. The number of hydrogen-bond acceptors (Lipinski definition) is 10. The molecule has 362 valence electrons. The van der Waals surface area contributed by atoms with Gasteiger partial charge in [0, 0.05) is 38.6 Å². The zero-order valence-corrected chi connectivity index (χ0v) is 41.2. The van der Waals surface area contributed by atoms with Crippen LogP contribution in [0.1, 0.15) is 114 Å². The molecule has 2 saturated heterocycles. The highest BCUT2D eigenvalue weighted by molar-refractivity contribution is 7.99. The molecular formula is C55H79N3O7S. The molecule has 0 spiro atoms. The number of aliphatic hydroxyl groups excluding tert-OH is 3. The van der Waals surface area contributed by atoms with Crippen LogP contribution in [0.2, 0.25) is 0 Å². The maximum atomic E-state index is 12.0. The Bertz CT molecular complexity index is 1960. The lowest BCUT2D eigenvalue weighted by atomic mass is 9.93. The molecule has 0 aromatic heterocycles. The molecule has 2 aliphatic rings. The summed E-state index contributed by atoms with van der Waals surface area (Å²) >= 11 is 1.66. The molecule has 2 heterocycles. The Labute approximate surface area is 400 Å². The molecule has 2 fully saturated rings. The van der Waals surface area contributed by atoms with Crippen LogP contribution in [-0.4, -0.2) is 116 Å². The average Bonchev–Trinajstić information content (AvgIpc) is 3.31. The Balaban J connectivity index is 0.000000247. The molecule has 5 unspecified atom stereocenters. The van der Waals surface area contributed by atoms with Gasteiger partial charge in [-0.05, 0) is 155 Å². The normalized spacial score (nSPS) is 19.3. The lowest BCUT2D eigenvalue weighted by molar-refractivity contribution is -0.121. The number of nitrogens with one attached hydrogen (secondary N) is 2. The highest BCUT2D eigenvalue weighted by atomic mass is 32.2. The summed E-state index contributed by atoms with van der Waals surface area (Å²) < 4.78 is 11.0. The first kappa shape index (κ1) is 54.7. The summed E-state index contributed by atoms with van der Waals surface area (Å²) in [6.07, 6.45) is 12.5. The number of nitrogens with zero attached hydrogens (tertiary/aromatic N) is 1. The standard InChI is InChI=1S/C26H39N3O.C24H30O3S.C5H10O3/c1-22-9-4-5-11-25(22)21-24-15-13-23(14-16-24)10-6-12-26(30)28-18-8-20-29(3)19-7-17-27-2;1-17-6-11-20(23-15-22(26)16-24(27-23)28-2)14-21(17)13-19-9-7-18(8-10-19)5-3-4-12-25;6-4-1-5(7)3-8-2-4/h4-5,9,11,13-16,27H,6-8,10,12,17-21H2,1-3H3,(H,28,30);6-12,14,22-24,26H,3-5,13,15-16H2,1-2H3;4-7H,1-3H2. The molecule has 11 heteroatoms. The number of carbonyl (C=O) groups is 2. The number of amides is 1. The fraction of sp³-hybridized carbons (Fsp3) is 0.527. The Morgan fingerprint density at radius 3 is 1.91 bits per heavy atom. The first-order valence-electron chi connectivity index (χ1n) is 24.1. The minimum atomic E-state index is -0.459. The quantitative estimate of drug-likeness (QED) is 0.0388. The maximum Gasteiger partial charge on any atom is 0.220 e. The summed E-state index contributed by atoms with van der Waals surface area (Å²) in [4.78, 5) is 24.8. The van der Waals surface area contributed by atoms with Crippen molar-refractivity contribution in [2.45, 2.75) is 127 Å². The summed E-state index contributed by atoms with van der Waals surface area (Å²) in [7, 11) is 4.13. The summed E-state index contributed by atoms with van der Waals surface area (Å²) in [5.74, 6) is 0.170. The third-order valence-electron chi connectivity index (χ3n) is 12.2. The van der Waals surface area contributed by atoms with Crippen molar-refractivity contribution in [3.8, 4) is 0 Å².